The van der Waals surface area contributed by atoms with Crippen molar-refractivity contribution in [2.75, 3.05) is 4.72 Å². The number of carbonyl (C=O) groups excluding carboxylic acids is 1. The van der Waals surface area contributed by atoms with Gasteiger partial charge in [0.2, 0.25) is 0 Å². The lowest BCUT2D eigenvalue weighted by atomic mass is 10.2. The first kappa shape index (κ1) is 16.5. The summed E-state index contributed by atoms with van der Waals surface area (Å²) >= 11 is 0. The van der Waals surface area contributed by atoms with Crippen LogP contribution in [0.25, 0.3) is 0 Å². The Balaban J connectivity index is 2.27. The second kappa shape index (κ2) is 6.93. The van der Waals surface area contributed by atoms with Crippen LogP contribution in [-0.2, 0) is 10.0 Å². The Morgan fingerprint density at radius 2 is 1.78 bits per heavy atom. The van der Waals surface area contributed by atoms with Gasteiger partial charge in [-0.05, 0) is 25.1 Å². The maximum absolute atomic E-state index is 12.4. The second-order valence-corrected chi connectivity index (χ2v) is 6.42. The maximum atomic E-state index is 12.4. The number of benzene rings is 2. The number of nitrogens with one attached hydrogen (secondary N) is 2. The van der Waals surface area contributed by atoms with Crippen LogP contribution in [0, 0.1) is 6.92 Å². The normalized spacial score (nSPS) is 11.3. The number of nitrogens with zero attached hydrogens (tertiary/aromatic N) is 1. The molecule has 2 amide bonds. The highest BCUT2D eigenvalue weighted by Gasteiger charge is 2.15. The van der Waals surface area contributed by atoms with Gasteiger partial charge in [-0.2, -0.15) is 5.10 Å². The van der Waals surface area contributed by atoms with Crippen molar-refractivity contribution in [3.05, 3.63) is 59.7 Å². The van der Waals surface area contributed by atoms with Gasteiger partial charge in [-0.25, -0.2) is 18.6 Å². The van der Waals surface area contributed by atoms with Gasteiger partial charge in [0, 0.05) is 5.56 Å². The molecule has 0 spiro atoms. The first-order valence-corrected chi connectivity index (χ1v) is 8.14. The molecule has 0 aliphatic heterocycles. The topological polar surface area (TPSA) is 114 Å². The number of urea groups is 1. The maximum Gasteiger partial charge on any atom is 0.332 e. The summed E-state index contributed by atoms with van der Waals surface area (Å²) in [5.41, 5.74) is 8.75. The van der Waals surface area contributed by atoms with Crippen LogP contribution >= 0.6 is 0 Å². The molecule has 0 bridgehead atoms. The van der Waals surface area contributed by atoms with Crippen LogP contribution in [0.4, 0.5) is 10.5 Å². The molecule has 2 rings (SSSR count). The number of para-hydroxylation sites is 1. The summed E-state index contributed by atoms with van der Waals surface area (Å²) in [6.07, 6.45) is 1.30. The average molecular weight is 332 g/mol. The first-order valence-electron chi connectivity index (χ1n) is 6.65. The predicted molar refractivity (Wildman–Crippen MR) is 88.7 cm³/mol. The van der Waals surface area contributed by atoms with E-state index in [1.54, 1.807) is 36.4 Å². The quantitative estimate of drug-likeness (QED) is 0.573. The lowest BCUT2D eigenvalue weighted by Crippen LogP contribution is -2.24. The van der Waals surface area contributed by atoms with Gasteiger partial charge in [-0.15, -0.1) is 0 Å². The molecule has 0 aliphatic rings. The van der Waals surface area contributed by atoms with Crippen LogP contribution in [0.2, 0.25) is 0 Å². The van der Waals surface area contributed by atoms with Gasteiger partial charge in [0.05, 0.1) is 16.8 Å². The van der Waals surface area contributed by atoms with Gasteiger partial charge in [0.15, 0.2) is 0 Å². The fraction of sp³-hybridized carbons (Fsp3) is 0.0667. The Hall–Kier alpha value is -2.87. The first-order chi connectivity index (χ1) is 10.9. The summed E-state index contributed by atoms with van der Waals surface area (Å²) in [5, 5.41) is 3.63. The van der Waals surface area contributed by atoms with Crippen molar-refractivity contribution in [3.63, 3.8) is 0 Å². The highest BCUT2D eigenvalue weighted by molar-refractivity contribution is 7.92. The van der Waals surface area contributed by atoms with Crippen molar-refractivity contribution in [2.45, 2.75) is 11.8 Å². The van der Waals surface area contributed by atoms with Gasteiger partial charge >= 0.3 is 6.03 Å². The molecule has 0 heterocycles. The lowest BCUT2D eigenvalue weighted by molar-refractivity contribution is 0.249. The van der Waals surface area contributed by atoms with Gasteiger partial charge in [-0.1, -0.05) is 35.9 Å². The number of hydrogen-bond donors (Lipinski definition) is 3. The predicted octanol–water partition coefficient (Wildman–Crippen LogP) is 1.80. The zero-order valence-corrected chi connectivity index (χ0v) is 13.2. The van der Waals surface area contributed by atoms with E-state index in [-0.39, 0.29) is 4.90 Å². The van der Waals surface area contributed by atoms with Crippen LogP contribution in [0.15, 0.2) is 58.5 Å². The molecule has 4 N–H and O–H groups in total. The minimum Gasteiger partial charge on any atom is -0.350 e. The molecule has 0 fully saturated rings. The molecule has 0 saturated carbocycles. The van der Waals surface area contributed by atoms with Crippen molar-refractivity contribution in [1.29, 1.82) is 0 Å². The summed E-state index contributed by atoms with van der Waals surface area (Å²) in [4.78, 5) is 10.8. The van der Waals surface area contributed by atoms with E-state index in [0.717, 1.165) is 5.56 Å². The van der Waals surface area contributed by atoms with E-state index in [0.29, 0.717) is 11.3 Å². The highest BCUT2D eigenvalue weighted by atomic mass is 32.2. The average Bonchev–Trinajstić information content (AvgIpc) is 2.49. The van der Waals surface area contributed by atoms with Gasteiger partial charge < -0.3 is 5.73 Å². The molecule has 120 valence electrons. The van der Waals surface area contributed by atoms with Crippen molar-refractivity contribution in [2.24, 2.45) is 10.8 Å². The minimum absolute atomic E-state index is 0.158. The largest absolute Gasteiger partial charge is 0.350 e. The molecule has 2 aromatic rings. The lowest BCUT2D eigenvalue weighted by Gasteiger charge is -2.10. The minimum atomic E-state index is -3.72. The Labute approximate surface area is 134 Å². The number of hydrazone groups is 1. The number of hydrogen-bond acceptors (Lipinski definition) is 4. The number of amides is 2. The van der Waals surface area contributed by atoms with Crippen LogP contribution in [0.5, 0.6) is 0 Å². The van der Waals surface area contributed by atoms with Crippen LogP contribution in [-0.4, -0.2) is 20.7 Å². The smallest absolute Gasteiger partial charge is 0.332 e. The summed E-state index contributed by atoms with van der Waals surface area (Å²) in [6, 6.07) is 12.3. The molecule has 8 heteroatoms. The number of rotatable bonds is 5. The van der Waals surface area contributed by atoms with Crippen molar-refractivity contribution in [1.82, 2.24) is 5.43 Å². The van der Waals surface area contributed by atoms with E-state index in [1.807, 2.05) is 6.92 Å². The van der Waals surface area contributed by atoms with E-state index in [4.69, 9.17) is 5.73 Å². The molecule has 0 saturated heterocycles. The number of anilines is 1. The van der Waals surface area contributed by atoms with Gasteiger partial charge in [0.25, 0.3) is 10.0 Å². The van der Waals surface area contributed by atoms with E-state index in [1.165, 1.54) is 18.3 Å². The SMILES string of the molecule is Cc1ccc(S(=O)(=O)Nc2ccccc2C=NNC(N)=O)cc1. The van der Waals surface area contributed by atoms with Gasteiger partial charge in [0.1, 0.15) is 0 Å². The third-order valence-corrected chi connectivity index (χ3v) is 4.30. The van der Waals surface area contributed by atoms with Crippen molar-refractivity contribution in [3.8, 4) is 0 Å². The van der Waals surface area contributed by atoms with Gasteiger partial charge in [-0.3, -0.25) is 4.72 Å². The Kier molecular flexibility index (Phi) is 4.97. The summed E-state index contributed by atoms with van der Waals surface area (Å²) in [6.45, 7) is 1.88. The molecule has 23 heavy (non-hydrogen) atoms. The molecule has 7 nitrogen and oxygen atoms in total. The van der Waals surface area contributed by atoms with E-state index < -0.39 is 16.1 Å². The van der Waals surface area contributed by atoms with E-state index in [2.05, 4.69) is 15.2 Å². The van der Waals surface area contributed by atoms with Crippen molar-refractivity contribution < 1.29 is 13.2 Å². The van der Waals surface area contributed by atoms with Crippen molar-refractivity contribution >= 4 is 28.0 Å². The number of carbonyl (C=O) groups is 1. The Morgan fingerprint density at radius 3 is 2.43 bits per heavy atom. The molecule has 0 radical (unpaired) electrons. The molecule has 2 aromatic carbocycles. The molecular weight excluding hydrogens is 316 g/mol. The zero-order valence-electron chi connectivity index (χ0n) is 12.4. The Bertz CT molecular complexity index is 830. The zero-order chi connectivity index (χ0) is 16.9. The summed E-state index contributed by atoms with van der Waals surface area (Å²) < 4.78 is 27.3. The Morgan fingerprint density at radius 1 is 1.13 bits per heavy atom. The van der Waals surface area contributed by atoms with Crippen LogP contribution in [0.1, 0.15) is 11.1 Å². The standard InChI is InChI=1S/C15H16N4O3S/c1-11-6-8-13(9-7-11)23(21,22)19-14-5-3-2-4-12(14)10-17-18-15(16)20/h2-10,19H,1H3,(H3,16,18,20). The molecule has 0 aromatic heterocycles. The molecule has 0 aliphatic carbocycles. The monoisotopic (exact) mass is 332 g/mol. The number of primary amides is 1. The molecule has 0 atom stereocenters. The summed E-state index contributed by atoms with van der Waals surface area (Å²) in [5.74, 6) is 0. The third kappa shape index (κ3) is 4.55. The van der Waals surface area contributed by atoms with Crippen LogP contribution in [0.3, 0.4) is 0 Å². The second-order valence-electron chi connectivity index (χ2n) is 4.74. The summed E-state index contributed by atoms with van der Waals surface area (Å²) in [7, 11) is -3.72. The number of nitrogens with two attached hydrogens (primary N) is 1. The van der Waals surface area contributed by atoms with Crippen LogP contribution < -0.4 is 15.9 Å². The highest BCUT2D eigenvalue weighted by Crippen LogP contribution is 2.19. The van der Waals surface area contributed by atoms with E-state index in [9.17, 15) is 13.2 Å². The molecular formula is C15H16N4O3S. The fourth-order valence-electron chi connectivity index (χ4n) is 1.79. The van der Waals surface area contributed by atoms with E-state index >= 15 is 0 Å². The fourth-order valence-corrected chi connectivity index (χ4v) is 2.88. The number of sulfonamides is 1. The third-order valence-electron chi connectivity index (χ3n) is 2.91. The molecule has 0 unspecified atom stereocenters. The number of aryl methyl sites for hydroxylation is 1.